The van der Waals surface area contributed by atoms with Crippen molar-refractivity contribution in [3.8, 4) is 11.1 Å². The van der Waals surface area contributed by atoms with Gasteiger partial charge in [0.25, 0.3) is 0 Å². The molecule has 6 aromatic rings. The fourth-order valence-electron chi connectivity index (χ4n) is 7.43. The second-order valence-electron chi connectivity index (χ2n) is 13.8. The summed E-state index contributed by atoms with van der Waals surface area (Å²) in [5, 5.41) is 0. The molecule has 0 fully saturated rings. The van der Waals surface area contributed by atoms with Gasteiger partial charge in [-0.3, -0.25) is 0 Å². The van der Waals surface area contributed by atoms with Gasteiger partial charge >= 0.3 is 0 Å². The van der Waals surface area contributed by atoms with Crippen LogP contribution in [0.1, 0.15) is 55.6 Å². The van der Waals surface area contributed by atoms with Crippen LogP contribution < -0.4 is 9.80 Å². The second kappa shape index (κ2) is 13.2. The topological polar surface area (TPSA) is 6.48 Å². The van der Waals surface area contributed by atoms with E-state index in [1.807, 2.05) is 0 Å². The summed E-state index contributed by atoms with van der Waals surface area (Å²) in [6.07, 6.45) is 0. The predicted octanol–water partition coefficient (Wildman–Crippen LogP) is 13.4. The smallest absolute Gasteiger partial charge is 0.0520 e. The molecule has 0 aromatic heterocycles. The minimum absolute atomic E-state index is 1.17. The maximum Gasteiger partial charge on any atom is 0.0520 e. The van der Waals surface area contributed by atoms with Crippen LogP contribution in [0.2, 0.25) is 0 Å². The zero-order valence-corrected chi connectivity index (χ0v) is 30.3. The highest BCUT2D eigenvalue weighted by Crippen LogP contribution is 2.43. The average molecular weight is 629 g/mol. The van der Waals surface area contributed by atoms with Crippen molar-refractivity contribution < 1.29 is 0 Å². The van der Waals surface area contributed by atoms with Crippen molar-refractivity contribution in [2.24, 2.45) is 0 Å². The molecule has 48 heavy (non-hydrogen) atoms. The molecular formula is C46H48N2. The van der Waals surface area contributed by atoms with Crippen LogP contribution in [0.15, 0.2) is 109 Å². The number of hydrogen-bond acceptors (Lipinski definition) is 2. The summed E-state index contributed by atoms with van der Waals surface area (Å²) in [7, 11) is 0. The molecule has 0 atom stereocenters. The van der Waals surface area contributed by atoms with E-state index in [0.717, 1.165) is 0 Å². The highest BCUT2D eigenvalue weighted by Gasteiger charge is 2.21. The van der Waals surface area contributed by atoms with E-state index in [4.69, 9.17) is 0 Å². The molecule has 2 heteroatoms. The van der Waals surface area contributed by atoms with Crippen molar-refractivity contribution in [3.63, 3.8) is 0 Å². The summed E-state index contributed by atoms with van der Waals surface area (Å²) in [5.41, 5.74) is 22.4. The highest BCUT2D eigenvalue weighted by molar-refractivity contribution is 5.85. The van der Waals surface area contributed by atoms with Crippen molar-refractivity contribution in [3.05, 3.63) is 165 Å². The van der Waals surface area contributed by atoms with Crippen molar-refractivity contribution in [1.82, 2.24) is 0 Å². The fourth-order valence-corrected chi connectivity index (χ4v) is 7.43. The Labute approximate surface area is 288 Å². The summed E-state index contributed by atoms with van der Waals surface area (Å²) in [6.45, 7) is 22.0. The molecule has 0 unspecified atom stereocenters. The van der Waals surface area contributed by atoms with Crippen LogP contribution in [0.5, 0.6) is 0 Å². The average Bonchev–Trinajstić information content (AvgIpc) is 3.02. The molecule has 0 N–H and O–H groups in total. The minimum atomic E-state index is 1.17. The van der Waals surface area contributed by atoms with Gasteiger partial charge in [0.05, 0.1) is 11.4 Å². The molecule has 2 nitrogen and oxygen atoms in total. The van der Waals surface area contributed by atoms with Crippen LogP contribution in [0.25, 0.3) is 11.1 Å². The van der Waals surface area contributed by atoms with Gasteiger partial charge in [-0.05, 0) is 162 Å². The van der Waals surface area contributed by atoms with Crippen LogP contribution >= 0.6 is 0 Å². The molecule has 0 saturated heterocycles. The maximum atomic E-state index is 2.42. The predicted molar refractivity (Wildman–Crippen MR) is 209 cm³/mol. The highest BCUT2D eigenvalue weighted by atomic mass is 15.2. The van der Waals surface area contributed by atoms with Gasteiger partial charge in [0.2, 0.25) is 0 Å². The molecule has 6 rings (SSSR count). The fraction of sp³-hybridized carbons (Fsp3) is 0.217. The monoisotopic (exact) mass is 628 g/mol. The molecule has 0 aliphatic carbocycles. The Morgan fingerprint density at radius 1 is 0.271 bits per heavy atom. The quantitative estimate of drug-likeness (QED) is 0.174. The number of benzene rings is 6. The molecule has 0 aliphatic rings. The molecule has 0 amide bonds. The standard InChI is InChI=1S/C46H48N2/c1-29-11-15-39(16-12-29)47(45-35(7)23-31(3)24-36(45)8)41-19-21-43(33(5)27-41)44-22-20-42(28-34(44)6)48(40-17-13-30(2)14-18-40)46-37(9)25-32(4)26-38(46)10/h11-28H,1-10H3. The SMILES string of the molecule is Cc1ccc(N(c2ccc(-c3ccc(N(c4ccc(C)cc4)c4c(C)cc(C)cc4C)cc3C)c(C)c2)c2c(C)cc(C)cc2C)cc1. The van der Waals surface area contributed by atoms with Crippen LogP contribution in [-0.2, 0) is 0 Å². The lowest BCUT2D eigenvalue weighted by atomic mass is 9.94. The van der Waals surface area contributed by atoms with Crippen LogP contribution in [0.3, 0.4) is 0 Å². The minimum Gasteiger partial charge on any atom is -0.310 e. The van der Waals surface area contributed by atoms with Crippen molar-refractivity contribution in [2.75, 3.05) is 9.80 Å². The zero-order chi connectivity index (χ0) is 34.3. The Balaban J connectivity index is 1.44. The van der Waals surface area contributed by atoms with Crippen molar-refractivity contribution in [1.29, 1.82) is 0 Å². The van der Waals surface area contributed by atoms with Gasteiger partial charge in [0.15, 0.2) is 0 Å². The van der Waals surface area contributed by atoms with E-state index in [9.17, 15) is 0 Å². The van der Waals surface area contributed by atoms with Gasteiger partial charge in [-0.25, -0.2) is 0 Å². The van der Waals surface area contributed by atoms with Gasteiger partial charge in [-0.2, -0.15) is 0 Å². The lowest BCUT2D eigenvalue weighted by Gasteiger charge is -2.30. The molecule has 242 valence electrons. The largest absolute Gasteiger partial charge is 0.310 e. The van der Waals surface area contributed by atoms with Gasteiger partial charge in [0.1, 0.15) is 0 Å². The summed E-state index contributed by atoms with van der Waals surface area (Å²) in [6, 6.07) is 40.8. The van der Waals surface area contributed by atoms with Crippen molar-refractivity contribution >= 4 is 34.1 Å². The van der Waals surface area contributed by atoms with Gasteiger partial charge in [0, 0.05) is 22.7 Å². The first-order valence-electron chi connectivity index (χ1n) is 17.0. The van der Waals surface area contributed by atoms with Crippen LogP contribution in [0.4, 0.5) is 34.1 Å². The van der Waals surface area contributed by atoms with Crippen molar-refractivity contribution in [2.45, 2.75) is 69.2 Å². The molecule has 0 heterocycles. The Hall–Kier alpha value is -5.08. The van der Waals surface area contributed by atoms with E-state index in [1.54, 1.807) is 0 Å². The Morgan fingerprint density at radius 2 is 0.562 bits per heavy atom. The Bertz CT molecular complexity index is 1920. The lowest BCUT2D eigenvalue weighted by molar-refractivity contribution is 1.19. The van der Waals surface area contributed by atoms with Gasteiger partial charge in [-0.15, -0.1) is 0 Å². The molecule has 0 bridgehead atoms. The number of aryl methyl sites for hydroxylation is 10. The van der Waals surface area contributed by atoms with Gasteiger partial charge < -0.3 is 9.80 Å². The summed E-state index contributed by atoms with van der Waals surface area (Å²) < 4.78 is 0. The first kappa shape index (κ1) is 32.8. The third kappa shape index (κ3) is 6.40. The van der Waals surface area contributed by atoms with Crippen LogP contribution in [-0.4, -0.2) is 0 Å². The maximum absolute atomic E-state index is 2.42. The van der Waals surface area contributed by atoms with Crippen LogP contribution in [0, 0.1) is 69.2 Å². The summed E-state index contributed by atoms with van der Waals surface area (Å²) in [4.78, 5) is 4.84. The number of nitrogens with zero attached hydrogens (tertiary/aromatic N) is 2. The van der Waals surface area contributed by atoms with E-state index in [0.29, 0.717) is 0 Å². The summed E-state index contributed by atoms with van der Waals surface area (Å²) in [5.74, 6) is 0. The first-order chi connectivity index (χ1) is 22.9. The third-order valence-corrected chi connectivity index (χ3v) is 9.53. The van der Waals surface area contributed by atoms with E-state index >= 15 is 0 Å². The molecule has 6 aromatic carbocycles. The second-order valence-corrected chi connectivity index (χ2v) is 13.8. The lowest BCUT2D eigenvalue weighted by Crippen LogP contribution is -2.14. The first-order valence-corrected chi connectivity index (χ1v) is 17.0. The van der Waals surface area contributed by atoms with E-state index in [1.165, 1.54) is 101 Å². The van der Waals surface area contributed by atoms with E-state index < -0.39 is 0 Å². The molecule has 0 aliphatic heterocycles. The van der Waals surface area contributed by atoms with Gasteiger partial charge in [-0.1, -0.05) is 82.9 Å². The Morgan fingerprint density at radius 3 is 0.854 bits per heavy atom. The molecule has 0 radical (unpaired) electrons. The third-order valence-electron chi connectivity index (χ3n) is 9.53. The molecular weight excluding hydrogens is 581 g/mol. The molecule has 0 saturated carbocycles. The Kier molecular flexibility index (Phi) is 9.03. The number of rotatable bonds is 7. The van der Waals surface area contributed by atoms with E-state index in [-0.39, 0.29) is 0 Å². The zero-order valence-electron chi connectivity index (χ0n) is 30.3. The normalized spacial score (nSPS) is 11.1. The van der Waals surface area contributed by atoms with E-state index in [2.05, 4.69) is 188 Å². The summed E-state index contributed by atoms with van der Waals surface area (Å²) >= 11 is 0. The number of hydrogen-bond donors (Lipinski definition) is 0. The molecule has 0 spiro atoms. The number of anilines is 6.